The van der Waals surface area contributed by atoms with Crippen LogP contribution in [0.3, 0.4) is 0 Å². The van der Waals surface area contributed by atoms with Gasteiger partial charge in [0.15, 0.2) is 5.76 Å². The molecule has 3 rings (SSSR count). The summed E-state index contributed by atoms with van der Waals surface area (Å²) in [5.41, 5.74) is 1.97. The number of furan rings is 1. The molecule has 160 valence electrons. The van der Waals surface area contributed by atoms with E-state index in [9.17, 15) is 18.8 Å². The van der Waals surface area contributed by atoms with E-state index >= 15 is 0 Å². The average Bonchev–Trinajstić information content (AvgIpc) is 3.30. The van der Waals surface area contributed by atoms with Crippen molar-refractivity contribution in [3.8, 4) is 0 Å². The minimum Gasteiger partial charge on any atom is -0.459 e. The molecular formula is C22H20FN3O4S. The summed E-state index contributed by atoms with van der Waals surface area (Å²) in [5, 5.41) is 8.13. The minimum atomic E-state index is -0.377. The van der Waals surface area contributed by atoms with Crippen LogP contribution < -0.4 is 16.0 Å². The average molecular weight is 441 g/mol. The van der Waals surface area contributed by atoms with Crippen molar-refractivity contribution in [3.05, 3.63) is 84.1 Å². The maximum Gasteiger partial charge on any atom is 0.291 e. The van der Waals surface area contributed by atoms with E-state index in [0.29, 0.717) is 17.9 Å². The van der Waals surface area contributed by atoms with Gasteiger partial charge in [-0.05, 0) is 54.1 Å². The Morgan fingerprint density at radius 2 is 1.48 bits per heavy atom. The first kappa shape index (κ1) is 22.1. The van der Waals surface area contributed by atoms with Gasteiger partial charge in [0.05, 0.1) is 17.8 Å². The molecule has 31 heavy (non-hydrogen) atoms. The van der Waals surface area contributed by atoms with E-state index in [4.69, 9.17) is 4.42 Å². The first-order chi connectivity index (χ1) is 15.0. The lowest BCUT2D eigenvalue weighted by Crippen LogP contribution is -2.25. The van der Waals surface area contributed by atoms with Crippen molar-refractivity contribution >= 4 is 40.9 Å². The molecule has 2 aromatic carbocycles. The smallest absolute Gasteiger partial charge is 0.291 e. The Morgan fingerprint density at radius 1 is 0.839 bits per heavy atom. The van der Waals surface area contributed by atoms with Crippen LogP contribution in [0.5, 0.6) is 0 Å². The summed E-state index contributed by atoms with van der Waals surface area (Å²) in [6, 6.07) is 15.7. The molecule has 7 nitrogen and oxygen atoms in total. The second-order valence-corrected chi connectivity index (χ2v) is 7.44. The maximum absolute atomic E-state index is 12.9. The molecule has 3 amide bonds. The van der Waals surface area contributed by atoms with Crippen molar-refractivity contribution in [2.45, 2.75) is 6.54 Å². The number of benzene rings is 2. The van der Waals surface area contributed by atoms with Gasteiger partial charge in [0.25, 0.3) is 5.91 Å². The molecule has 0 radical (unpaired) electrons. The molecule has 0 fully saturated rings. The molecule has 0 bridgehead atoms. The quantitative estimate of drug-likeness (QED) is 0.471. The highest BCUT2D eigenvalue weighted by Crippen LogP contribution is 2.12. The van der Waals surface area contributed by atoms with Gasteiger partial charge in [0.2, 0.25) is 11.8 Å². The highest BCUT2D eigenvalue weighted by Gasteiger charge is 2.09. The summed E-state index contributed by atoms with van der Waals surface area (Å²) in [5.74, 6) is -0.724. The summed E-state index contributed by atoms with van der Waals surface area (Å²) in [4.78, 5) is 35.7. The van der Waals surface area contributed by atoms with E-state index in [1.54, 1.807) is 36.4 Å². The van der Waals surface area contributed by atoms with Crippen molar-refractivity contribution in [3.63, 3.8) is 0 Å². The maximum atomic E-state index is 12.9. The first-order valence-corrected chi connectivity index (χ1v) is 10.5. The molecule has 0 unspecified atom stereocenters. The van der Waals surface area contributed by atoms with Gasteiger partial charge >= 0.3 is 0 Å². The summed E-state index contributed by atoms with van der Waals surface area (Å²) in [6.07, 6.45) is 1.43. The fourth-order valence-corrected chi connectivity index (χ4v) is 3.17. The number of nitrogens with one attached hydrogen (secondary N) is 3. The molecule has 9 heteroatoms. The summed E-state index contributed by atoms with van der Waals surface area (Å²) >= 11 is 1.18. The third-order valence-corrected chi connectivity index (χ3v) is 4.97. The number of anilines is 2. The van der Waals surface area contributed by atoms with Crippen LogP contribution >= 0.6 is 11.8 Å². The van der Waals surface area contributed by atoms with Crippen LogP contribution in [-0.2, 0) is 16.1 Å². The van der Waals surface area contributed by atoms with Crippen molar-refractivity contribution < 1.29 is 23.2 Å². The zero-order valence-corrected chi connectivity index (χ0v) is 17.2. The Hall–Kier alpha value is -3.59. The Bertz CT molecular complexity index is 1020. The Kier molecular flexibility index (Phi) is 7.83. The van der Waals surface area contributed by atoms with Gasteiger partial charge in [-0.1, -0.05) is 12.1 Å². The monoisotopic (exact) mass is 441 g/mol. The molecular weight excluding hydrogens is 421 g/mol. The third kappa shape index (κ3) is 7.31. The van der Waals surface area contributed by atoms with Gasteiger partial charge in [0.1, 0.15) is 5.82 Å². The summed E-state index contributed by atoms with van der Waals surface area (Å²) in [6.45, 7) is 0.327. The molecule has 3 aromatic rings. The van der Waals surface area contributed by atoms with E-state index in [-0.39, 0.29) is 40.8 Å². The first-order valence-electron chi connectivity index (χ1n) is 9.33. The van der Waals surface area contributed by atoms with E-state index in [2.05, 4.69) is 16.0 Å². The van der Waals surface area contributed by atoms with E-state index in [0.717, 1.165) is 5.56 Å². The van der Waals surface area contributed by atoms with Crippen LogP contribution in [-0.4, -0.2) is 29.2 Å². The molecule has 0 spiro atoms. The van der Waals surface area contributed by atoms with Crippen LogP contribution in [0.2, 0.25) is 0 Å². The molecule has 0 aliphatic rings. The van der Waals surface area contributed by atoms with Crippen LogP contribution in [0.4, 0.5) is 15.8 Å². The van der Waals surface area contributed by atoms with Crippen LogP contribution in [0.1, 0.15) is 16.1 Å². The molecule has 0 atom stereocenters. The molecule has 1 heterocycles. The van der Waals surface area contributed by atoms with Crippen molar-refractivity contribution in [1.29, 1.82) is 0 Å². The highest BCUT2D eigenvalue weighted by atomic mass is 32.2. The van der Waals surface area contributed by atoms with Gasteiger partial charge < -0.3 is 20.4 Å². The molecule has 1 aromatic heterocycles. The standard InChI is InChI=1S/C22H20FN3O4S/c23-16-5-9-17(10-6-16)25-21(28)14-31-13-20(27)24-12-15-3-7-18(8-4-15)26-22(29)19-2-1-11-30-19/h1-11H,12-14H2,(H,24,27)(H,25,28)(H,26,29). The predicted molar refractivity (Wildman–Crippen MR) is 117 cm³/mol. The zero-order chi connectivity index (χ0) is 22.1. The van der Waals surface area contributed by atoms with Gasteiger partial charge in [-0.3, -0.25) is 14.4 Å². The van der Waals surface area contributed by atoms with Crippen LogP contribution in [0.15, 0.2) is 71.3 Å². The second kappa shape index (κ2) is 11.0. The number of carbonyl (C=O) groups excluding carboxylic acids is 3. The summed E-state index contributed by atoms with van der Waals surface area (Å²) < 4.78 is 17.9. The number of hydrogen-bond donors (Lipinski definition) is 3. The van der Waals surface area contributed by atoms with E-state index in [1.807, 2.05) is 0 Å². The van der Waals surface area contributed by atoms with Crippen LogP contribution in [0, 0.1) is 5.82 Å². The van der Waals surface area contributed by atoms with Gasteiger partial charge in [-0.15, -0.1) is 11.8 Å². The second-order valence-electron chi connectivity index (χ2n) is 6.45. The number of rotatable bonds is 9. The third-order valence-electron chi connectivity index (χ3n) is 4.04. The molecule has 0 aliphatic heterocycles. The highest BCUT2D eigenvalue weighted by molar-refractivity contribution is 8.00. The minimum absolute atomic E-state index is 0.106. The lowest BCUT2D eigenvalue weighted by atomic mass is 10.2. The number of hydrogen-bond acceptors (Lipinski definition) is 5. The SMILES string of the molecule is O=C(CSCC(=O)Nc1ccc(F)cc1)NCc1ccc(NC(=O)c2ccco2)cc1. The van der Waals surface area contributed by atoms with Gasteiger partial charge in [-0.25, -0.2) is 4.39 Å². The normalized spacial score (nSPS) is 10.4. The fourth-order valence-electron chi connectivity index (χ4n) is 2.52. The predicted octanol–water partition coefficient (Wildman–Crippen LogP) is 3.66. The molecule has 0 saturated heterocycles. The summed E-state index contributed by atoms with van der Waals surface area (Å²) in [7, 11) is 0. The number of carbonyl (C=O) groups is 3. The zero-order valence-electron chi connectivity index (χ0n) is 16.4. The largest absolute Gasteiger partial charge is 0.459 e. The van der Waals surface area contributed by atoms with E-state index in [1.165, 1.54) is 42.3 Å². The van der Waals surface area contributed by atoms with Crippen molar-refractivity contribution in [2.24, 2.45) is 0 Å². The van der Waals surface area contributed by atoms with Gasteiger partial charge in [0, 0.05) is 17.9 Å². The Labute approximate surface area is 182 Å². The number of amides is 3. The fraction of sp³-hybridized carbons (Fsp3) is 0.136. The molecule has 0 saturated carbocycles. The number of halogens is 1. The lowest BCUT2D eigenvalue weighted by Gasteiger charge is -2.08. The number of thioether (sulfide) groups is 1. The van der Waals surface area contributed by atoms with Crippen molar-refractivity contribution in [2.75, 3.05) is 22.1 Å². The van der Waals surface area contributed by atoms with Crippen molar-refractivity contribution in [1.82, 2.24) is 5.32 Å². The topological polar surface area (TPSA) is 100 Å². The molecule has 0 aliphatic carbocycles. The lowest BCUT2D eigenvalue weighted by molar-refractivity contribution is -0.118. The van der Waals surface area contributed by atoms with Gasteiger partial charge in [-0.2, -0.15) is 0 Å². The Morgan fingerprint density at radius 3 is 2.16 bits per heavy atom. The van der Waals surface area contributed by atoms with E-state index < -0.39 is 0 Å². The molecule has 3 N–H and O–H groups in total. The Balaban J connectivity index is 1.34. The van der Waals surface area contributed by atoms with Crippen LogP contribution in [0.25, 0.3) is 0 Å².